The largest absolute Gasteiger partial charge is 0.462 e. The summed E-state index contributed by atoms with van der Waals surface area (Å²) in [6.07, 6.45) is 68.2. The van der Waals surface area contributed by atoms with Crippen molar-refractivity contribution in [3.63, 3.8) is 0 Å². The van der Waals surface area contributed by atoms with Crippen LogP contribution < -0.4 is 0 Å². The Morgan fingerprint density at radius 1 is 0.275 bits per heavy atom. The molecule has 1 unspecified atom stereocenters. The first-order valence-electron chi connectivity index (χ1n) is 31.2. The Kier molecular flexibility index (Phi) is 57.1. The highest BCUT2D eigenvalue weighted by molar-refractivity contribution is 5.71. The first-order chi connectivity index (χ1) is 34.0. The zero-order valence-corrected chi connectivity index (χ0v) is 46.9. The van der Waals surface area contributed by atoms with Crippen molar-refractivity contribution in [1.29, 1.82) is 0 Å². The normalized spacial score (nSPS) is 12.0. The van der Waals surface area contributed by atoms with E-state index in [1.165, 1.54) is 250 Å². The third-order valence-electron chi connectivity index (χ3n) is 14.3. The maximum atomic E-state index is 12.8. The van der Waals surface area contributed by atoms with Gasteiger partial charge in [-0.3, -0.25) is 14.4 Å². The molecule has 0 aliphatic rings. The Balaban J connectivity index is 4.02. The van der Waals surface area contributed by atoms with Gasteiger partial charge in [-0.1, -0.05) is 309 Å². The molecule has 0 aromatic carbocycles. The van der Waals surface area contributed by atoms with Crippen molar-refractivity contribution < 1.29 is 28.6 Å². The van der Waals surface area contributed by atoms with Crippen LogP contribution in [0.15, 0.2) is 12.2 Å². The van der Waals surface area contributed by atoms with Crippen molar-refractivity contribution in [1.82, 2.24) is 0 Å². The number of esters is 3. The number of hydrogen-bond acceptors (Lipinski definition) is 6. The predicted octanol–water partition coefficient (Wildman–Crippen LogP) is 20.9. The van der Waals surface area contributed by atoms with E-state index < -0.39 is 6.10 Å². The molecule has 0 radical (unpaired) electrons. The minimum atomic E-state index is -0.768. The minimum Gasteiger partial charge on any atom is -0.462 e. The molecule has 0 saturated heterocycles. The maximum absolute atomic E-state index is 12.8. The Morgan fingerprint density at radius 3 is 0.768 bits per heavy atom. The van der Waals surface area contributed by atoms with E-state index in [4.69, 9.17) is 14.2 Å². The molecule has 0 fully saturated rings. The fraction of sp³-hybridized carbons (Fsp3) is 0.921. The van der Waals surface area contributed by atoms with Crippen LogP contribution in [0.3, 0.4) is 0 Å². The van der Waals surface area contributed by atoms with Crippen LogP contribution in [0, 0.1) is 0 Å². The minimum absolute atomic E-state index is 0.0678. The summed E-state index contributed by atoms with van der Waals surface area (Å²) in [4.78, 5) is 38.0. The lowest BCUT2D eigenvalue weighted by Gasteiger charge is -2.18. The van der Waals surface area contributed by atoms with Gasteiger partial charge in [0.2, 0.25) is 0 Å². The summed E-state index contributed by atoms with van der Waals surface area (Å²) < 4.78 is 16.8. The van der Waals surface area contributed by atoms with Crippen molar-refractivity contribution in [3.8, 4) is 0 Å². The summed E-state index contributed by atoms with van der Waals surface area (Å²) in [5.41, 5.74) is 0. The molecule has 0 rings (SSSR count). The lowest BCUT2D eigenvalue weighted by atomic mass is 10.0. The van der Waals surface area contributed by atoms with Crippen molar-refractivity contribution in [2.45, 2.75) is 361 Å². The monoisotopic (exact) mass is 973 g/mol. The van der Waals surface area contributed by atoms with Crippen LogP contribution in [0.2, 0.25) is 0 Å². The van der Waals surface area contributed by atoms with Gasteiger partial charge in [0.1, 0.15) is 13.2 Å². The molecule has 0 aromatic heterocycles. The summed E-state index contributed by atoms with van der Waals surface area (Å²) >= 11 is 0. The van der Waals surface area contributed by atoms with Gasteiger partial charge in [0.25, 0.3) is 0 Å². The van der Waals surface area contributed by atoms with Gasteiger partial charge in [0.05, 0.1) is 0 Å². The molecular formula is C63H120O6. The molecule has 408 valence electrons. The van der Waals surface area contributed by atoms with E-state index in [1.807, 2.05) is 0 Å². The molecule has 6 nitrogen and oxygen atoms in total. The van der Waals surface area contributed by atoms with Crippen LogP contribution in [0.25, 0.3) is 0 Å². The highest BCUT2D eigenvalue weighted by Crippen LogP contribution is 2.18. The summed E-state index contributed by atoms with van der Waals surface area (Å²) in [7, 11) is 0. The third-order valence-corrected chi connectivity index (χ3v) is 14.3. The maximum Gasteiger partial charge on any atom is 0.306 e. The van der Waals surface area contributed by atoms with E-state index in [9.17, 15) is 14.4 Å². The summed E-state index contributed by atoms with van der Waals surface area (Å²) in [6, 6.07) is 0. The lowest BCUT2D eigenvalue weighted by molar-refractivity contribution is -0.167. The molecule has 0 heterocycles. The van der Waals surface area contributed by atoms with Gasteiger partial charge in [0.15, 0.2) is 6.10 Å². The zero-order valence-electron chi connectivity index (χ0n) is 46.9. The topological polar surface area (TPSA) is 78.9 Å². The Labute approximate surface area is 431 Å². The number of unbranched alkanes of at least 4 members (excludes halogenated alkanes) is 45. The molecule has 0 aromatic rings. The van der Waals surface area contributed by atoms with Crippen molar-refractivity contribution in [2.24, 2.45) is 0 Å². The Bertz CT molecular complexity index is 1070. The van der Waals surface area contributed by atoms with Gasteiger partial charge in [-0.15, -0.1) is 0 Å². The number of ether oxygens (including phenoxy) is 3. The summed E-state index contributed by atoms with van der Waals surface area (Å²) in [6.45, 7) is 6.64. The highest BCUT2D eigenvalue weighted by Gasteiger charge is 2.19. The second kappa shape index (κ2) is 58.7. The van der Waals surface area contributed by atoms with Crippen LogP contribution >= 0.6 is 0 Å². The lowest BCUT2D eigenvalue weighted by Crippen LogP contribution is -2.30. The SMILES string of the molecule is CCCC/C=C\CCCCCCCC(=O)OC(COC(=O)CCCCCCCCCCCCC)COC(=O)CCCCCCCCCCCCCCCCCCCCCCCCCCCCCCC. The first kappa shape index (κ1) is 67.1. The quantitative estimate of drug-likeness (QED) is 0.0261. The van der Waals surface area contributed by atoms with E-state index >= 15 is 0 Å². The van der Waals surface area contributed by atoms with Crippen LogP contribution in [-0.4, -0.2) is 37.2 Å². The number of rotatable bonds is 58. The number of carbonyl (C=O) groups is 3. The van der Waals surface area contributed by atoms with Gasteiger partial charge in [-0.25, -0.2) is 0 Å². The summed E-state index contributed by atoms with van der Waals surface area (Å²) in [5, 5.41) is 0. The molecule has 69 heavy (non-hydrogen) atoms. The highest BCUT2D eigenvalue weighted by atomic mass is 16.6. The zero-order chi connectivity index (χ0) is 50.0. The van der Waals surface area contributed by atoms with Crippen molar-refractivity contribution in [2.75, 3.05) is 13.2 Å². The predicted molar refractivity (Wildman–Crippen MR) is 298 cm³/mol. The van der Waals surface area contributed by atoms with Gasteiger partial charge >= 0.3 is 17.9 Å². The molecule has 0 bridgehead atoms. The Hall–Kier alpha value is -1.85. The van der Waals surface area contributed by atoms with Crippen LogP contribution in [0.1, 0.15) is 355 Å². The molecule has 0 aliphatic carbocycles. The molecular weight excluding hydrogens is 853 g/mol. The molecule has 0 N–H and O–H groups in total. The van der Waals surface area contributed by atoms with E-state index in [0.717, 1.165) is 64.2 Å². The van der Waals surface area contributed by atoms with E-state index in [-0.39, 0.29) is 31.1 Å². The molecule has 1 atom stereocenters. The van der Waals surface area contributed by atoms with Gasteiger partial charge < -0.3 is 14.2 Å². The van der Waals surface area contributed by atoms with Gasteiger partial charge in [-0.05, 0) is 38.5 Å². The molecule has 6 heteroatoms. The van der Waals surface area contributed by atoms with Crippen molar-refractivity contribution >= 4 is 17.9 Å². The standard InChI is InChI=1S/C63H120O6/c1-4-7-10-13-16-19-22-23-24-25-26-27-28-29-30-31-32-33-34-35-36-37-38-39-42-44-47-50-53-56-62(65)68-59-60(69-63(66)57-54-51-48-45-41-21-18-15-12-9-6-3)58-67-61(64)55-52-49-46-43-40-20-17-14-11-8-5-2/h15,18,60H,4-14,16-17,19-59H2,1-3H3/b18-15-. The van der Waals surface area contributed by atoms with Crippen LogP contribution in [-0.2, 0) is 28.6 Å². The fourth-order valence-corrected chi connectivity index (χ4v) is 9.55. The smallest absolute Gasteiger partial charge is 0.306 e. The van der Waals surface area contributed by atoms with Gasteiger partial charge in [-0.2, -0.15) is 0 Å². The van der Waals surface area contributed by atoms with Crippen LogP contribution in [0.5, 0.6) is 0 Å². The molecule has 0 saturated carbocycles. The molecule has 0 spiro atoms. The second-order valence-corrected chi connectivity index (χ2v) is 21.3. The second-order valence-electron chi connectivity index (χ2n) is 21.3. The average molecular weight is 974 g/mol. The number of hydrogen-bond donors (Lipinski definition) is 0. The molecule has 0 amide bonds. The average Bonchev–Trinajstić information content (AvgIpc) is 3.35. The fourth-order valence-electron chi connectivity index (χ4n) is 9.55. The number of carbonyl (C=O) groups excluding carboxylic acids is 3. The first-order valence-corrected chi connectivity index (χ1v) is 31.2. The molecule has 0 aliphatic heterocycles. The number of allylic oxidation sites excluding steroid dienone is 2. The van der Waals surface area contributed by atoms with Crippen LogP contribution in [0.4, 0.5) is 0 Å². The van der Waals surface area contributed by atoms with Crippen molar-refractivity contribution in [3.05, 3.63) is 12.2 Å². The third kappa shape index (κ3) is 56.9. The van der Waals surface area contributed by atoms with E-state index in [0.29, 0.717) is 19.3 Å². The summed E-state index contributed by atoms with van der Waals surface area (Å²) in [5.74, 6) is -0.856. The Morgan fingerprint density at radius 2 is 0.493 bits per heavy atom. The van der Waals surface area contributed by atoms with E-state index in [2.05, 4.69) is 32.9 Å². The van der Waals surface area contributed by atoms with Gasteiger partial charge in [0, 0.05) is 19.3 Å². The van der Waals surface area contributed by atoms with E-state index in [1.54, 1.807) is 0 Å².